The lowest BCUT2D eigenvalue weighted by atomic mass is 10.1. The van der Waals surface area contributed by atoms with E-state index in [1.54, 1.807) is 6.08 Å². The number of rotatable bonds is 2. The number of amides is 1. The van der Waals surface area contributed by atoms with Gasteiger partial charge in [0, 0.05) is 10.2 Å². The van der Waals surface area contributed by atoms with Crippen LogP contribution >= 0.6 is 15.9 Å². The fraction of sp³-hybridized carbons (Fsp3) is 0.250. The zero-order valence-corrected chi connectivity index (χ0v) is 10.7. The Morgan fingerprint density at radius 3 is 2.33 bits per heavy atom. The van der Waals surface area contributed by atoms with Gasteiger partial charge in [-0.05, 0) is 50.1 Å². The Balaban J connectivity index is 2.92. The first-order valence-corrected chi connectivity index (χ1v) is 5.54. The van der Waals surface area contributed by atoms with Crippen LogP contribution < -0.4 is 5.32 Å². The van der Waals surface area contributed by atoms with Gasteiger partial charge >= 0.3 is 0 Å². The molecule has 0 aliphatic rings. The van der Waals surface area contributed by atoms with Crippen molar-refractivity contribution in [1.82, 2.24) is 0 Å². The molecule has 0 aliphatic heterocycles. The highest BCUT2D eigenvalue weighted by Crippen LogP contribution is 2.24. The van der Waals surface area contributed by atoms with Gasteiger partial charge < -0.3 is 5.32 Å². The molecule has 0 fully saturated rings. The van der Waals surface area contributed by atoms with E-state index in [-0.39, 0.29) is 5.91 Å². The third-order valence-electron chi connectivity index (χ3n) is 2.02. The number of carbonyl (C=O) groups is 1. The first-order valence-electron chi connectivity index (χ1n) is 4.75. The third kappa shape index (κ3) is 3.20. The van der Waals surface area contributed by atoms with E-state index < -0.39 is 0 Å². The van der Waals surface area contributed by atoms with Crippen LogP contribution in [0.5, 0.6) is 0 Å². The van der Waals surface area contributed by atoms with Crippen LogP contribution in [0.2, 0.25) is 0 Å². The lowest BCUT2D eigenvalue weighted by molar-refractivity contribution is -0.111. The van der Waals surface area contributed by atoms with E-state index in [1.807, 2.05) is 32.9 Å². The minimum atomic E-state index is -0.0985. The fourth-order valence-corrected chi connectivity index (χ4v) is 1.58. The van der Waals surface area contributed by atoms with Crippen molar-refractivity contribution in [1.29, 1.82) is 0 Å². The van der Waals surface area contributed by atoms with Gasteiger partial charge in [-0.1, -0.05) is 22.0 Å². The van der Waals surface area contributed by atoms with Crippen molar-refractivity contribution in [2.75, 3.05) is 5.32 Å². The van der Waals surface area contributed by atoms with Crippen LogP contribution in [-0.2, 0) is 4.79 Å². The van der Waals surface area contributed by atoms with Gasteiger partial charge in [0.2, 0.25) is 5.91 Å². The van der Waals surface area contributed by atoms with Gasteiger partial charge in [0.25, 0.3) is 0 Å². The number of halogens is 1. The smallest absolute Gasteiger partial charge is 0.248 e. The summed E-state index contributed by atoms with van der Waals surface area (Å²) in [5.74, 6) is -0.0985. The van der Waals surface area contributed by atoms with Crippen molar-refractivity contribution in [2.45, 2.75) is 20.8 Å². The summed E-state index contributed by atoms with van der Waals surface area (Å²) in [5, 5.41) is 2.81. The summed E-state index contributed by atoms with van der Waals surface area (Å²) in [4.78, 5) is 11.3. The van der Waals surface area contributed by atoms with Crippen LogP contribution in [0.1, 0.15) is 18.1 Å². The van der Waals surface area contributed by atoms with Crippen molar-refractivity contribution in [2.24, 2.45) is 0 Å². The first-order chi connectivity index (χ1) is 7.04. The summed E-state index contributed by atoms with van der Waals surface area (Å²) in [7, 11) is 0. The molecule has 0 spiro atoms. The van der Waals surface area contributed by atoms with Gasteiger partial charge in [-0.3, -0.25) is 4.79 Å². The Bertz CT molecular complexity index is 387. The van der Waals surface area contributed by atoms with Crippen LogP contribution in [0.3, 0.4) is 0 Å². The lowest BCUT2D eigenvalue weighted by Gasteiger charge is -2.08. The second-order valence-electron chi connectivity index (χ2n) is 3.41. The molecule has 2 nitrogen and oxygen atoms in total. The molecule has 1 rings (SSSR count). The quantitative estimate of drug-likeness (QED) is 0.816. The number of aryl methyl sites for hydroxylation is 2. The molecule has 0 aromatic heterocycles. The van der Waals surface area contributed by atoms with Crippen LogP contribution in [0.25, 0.3) is 0 Å². The van der Waals surface area contributed by atoms with E-state index in [0.29, 0.717) is 0 Å². The van der Waals surface area contributed by atoms with Crippen LogP contribution in [0, 0.1) is 13.8 Å². The van der Waals surface area contributed by atoms with Gasteiger partial charge in [-0.2, -0.15) is 0 Å². The maximum atomic E-state index is 11.3. The summed E-state index contributed by atoms with van der Waals surface area (Å²) < 4.78 is 1.09. The Kier molecular flexibility index (Phi) is 4.09. The molecular weight excluding hydrogens is 254 g/mol. The number of benzene rings is 1. The molecule has 1 aromatic carbocycles. The van der Waals surface area contributed by atoms with Crippen molar-refractivity contribution in [3.8, 4) is 0 Å². The molecule has 0 bridgehead atoms. The van der Waals surface area contributed by atoms with Gasteiger partial charge in [0.1, 0.15) is 0 Å². The Labute approximate surface area is 98.5 Å². The van der Waals surface area contributed by atoms with Crippen molar-refractivity contribution in [3.05, 3.63) is 39.9 Å². The largest absolute Gasteiger partial charge is 0.323 e. The number of nitrogens with one attached hydrogen (secondary N) is 1. The molecule has 0 saturated carbocycles. The highest BCUT2D eigenvalue weighted by atomic mass is 79.9. The van der Waals surface area contributed by atoms with Gasteiger partial charge in [0.05, 0.1) is 0 Å². The topological polar surface area (TPSA) is 29.1 Å². The lowest BCUT2D eigenvalue weighted by Crippen LogP contribution is -2.08. The zero-order valence-electron chi connectivity index (χ0n) is 9.10. The fourth-order valence-electron chi connectivity index (χ4n) is 1.35. The van der Waals surface area contributed by atoms with E-state index >= 15 is 0 Å². The minimum absolute atomic E-state index is 0.0985. The molecule has 1 N–H and O–H groups in total. The molecule has 15 heavy (non-hydrogen) atoms. The molecule has 0 unspecified atom stereocenters. The maximum Gasteiger partial charge on any atom is 0.248 e. The number of allylic oxidation sites excluding steroid dienone is 1. The van der Waals surface area contributed by atoms with Gasteiger partial charge in [0.15, 0.2) is 0 Å². The van der Waals surface area contributed by atoms with Crippen molar-refractivity contribution < 1.29 is 4.79 Å². The molecule has 0 atom stereocenters. The zero-order chi connectivity index (χ0) is 11.4. The van der Waals surface area contributed by atoms with Crippen molar-refractivity contribution >= 4 is 27.5 Å². The molecule has 1 aromatic rings. The summed E-state index contributed by atoms with van der Waals surface area (Å²) in [5.41, 5.74) is 3.06. The van der Waals surface area contributed by atoms with E-state index in [2.05, 4.69) is 21.2 Å². The number of anilines is 1. The van der Waals surface area contributed by atoms with Crippen LogP contribution in [0.4, 0.5) is 5.69 Å². The van der Waals surface area contributed by atoms with Crippen molar-refractivity contribution in [3.63, 3.8) is 0 Å². The van der Waals surface area contributed by atoms with Gasteiger partial charge in [-0.25, -0.2) is 0 Å². The normalized spacial score (nSPS) is 10.7. The molecule has 1 amide bonds. The Morgan fingerprint density at radius 1 is 1.33 bits per heavy atom. The van der Waals surface area contributed by atoms with Gasteiger partial charge in [-0.15, -0.1) is 0 Å². The van der Waals surface area contributed by atoms with E-state index in [4.69, 9.17) is 0 Å². The molecule has 0 radical (unpaired) electrons. The van der Waals surface area contributed by atoms with E-state index in [0.717, 1.165) is 21.3 Å². The summed E-state index contributed by atoms with van der Waals surface area (Å²) >= 11 is 3.48. The highest BCUT2D eigenvalue weighted by molar-refractivity contribution is 9.10. The van der Waals surface area contributed by atoms with Crippen LogP contribution in [0.15, 0.2) is 28.8 Å². The standard InChI is InChI=1S/C12H14BrNO/c1-4-5-11(15)14-10-6-8(2)12(13)9(3)7-10/h4-7H,1-3H3,(H,14,15)/b5-4+. The SMILES string of the molecule is C/C=C/C(=O)Nc1cc(C)c(Br)c(C)c1. The van der Waals surface area contributed by atoms with E-state index in [9.17, 15) is 4.79 Å². The molecule has 0 saturated heterocycles. The molecule has 80 valence electrons. The Hall–Kier alpha value is -1.09. The molecular formula is C12H14BrNO. The predicted octanol–water partition coefficient (Wildman–Crippen LogP) is 3.58. The second-order valence-corrected chi connectivity index (χ2v) is 4.21. The predicted molar refractivity (Wildman–Crippen MR) is 67.1 cm³/mol. The highest BCUT2D eigenvalue weighted by Gasteiger charge is 2.03. The molecule has 0 heterocycles. The average Bonchev–Trinajstić information content (AvgIpc) is 2.14. The molecule has 3 heteroatoms. The average molecular weight is 268 g/mol. The summed E-state index contributed by atoms with van der Waals surface area (Å²) in [6.07, 6.45) is 3.22. The maximum absolute atomic E-state index is 11.3. The number of hydrogen-bond acceptors (Lipinski definition) is 1. The third-order valence-corrected chi connectivity index (χ3v) is 3.27. The van der Waals surface area contributed by atoms with E-state index in [1.165, 1.54) is 6.08 Å². The second kappa shape index (κ2) is 5.12. The summed E-state index contributed by atoms with van der Waals surface area (Å²) in [6.45, 7) is 5.82. The Morgan fingerprint density at radius 2 is 1.87 bits per heavy atom. The number of hydrogen-bond donors (Lipinski definition) is 1. The molecule has 0 aliphatic carbocycles. The first kappa shape index (κ1) is 12.0. The minimum Gasteiger partial charge on any atom is -0.323 e. The monoisotopic (exact) mass is 267 g/mol. The number of carbonyl (C=O) groups excluding carboxylic acids is 1. The summed E-state index contributed by atoms with van der Waals surface area (Å²) in [6, 6.07) is 3.89. The van der Waals surface area contributed by atoms with Crippen LogP contribution in [-0.4, -0.2) is 5.91 Å².